The van der Waals surface area contributed by atoms with Crippen LogP contribution < -0.4 is 10.9 Å². The molecule has 46 heavy (non-hydrogen) atoms. The van der Waals surface area contributed by atoms with Crippen LogP contribution in [-0.2, 0) is 18.6 Å². The molecule has 6 rings (SSSR count). The third-order valence-electron chi connectivity index (χ3n) is 10.4. The first-order chi connectivity index (χ1) is 21.4. The van der Waals surface area contributed by atoms with Crippen molar-refractivity contribution < 1.29 is 18.6 Å². The number of aromatic nitrogens is 4. The Labute approximate surface area is 276 Å². The predicted molar refractivity (Wildman–Crippen MR) is 186 cm³/mol. The van der Waals surface area contributed by atoms with Crippen LogP contribution in [0.1, 0.15) is 104 Å². The molecule has 0 bridgehead atoms. The highest BCUT2D eigenvalue weighted by Crippen LogP contribution is 2.38. The molecule has 2 aliphatic rings. The van der Waals surface area contributed by atoms with E-state index < -0.39 is 0 Å². The van der Waals surface area contributed by atoms with Crippen molar-refractivity contribution in [2.75, 3.05) is 0 Å². The van der Waals surface area contributed by atoms with Crippen molar-refractivity contribution in [3.05, 3.63) is 95.6 Å². The SMILES string of the molecule is Cc1c(B2OC(C)(C)C(C)(C)O2)cnn1C(C)c1ccccc1.Cc1nn(C(C)c2ccccc2)cc1B1OC(C)(C)C(C)(C)O1. The molecule has 0 aliphatic carbocycles. The highest BCUT2D eigenvalue weighted by Gasteiger charge is 2.53. The Morgan fingerprint density at radius 2 is 1.02 bits per heavy atom. The third kappa shape index (κ3) is 6.50. The quantitative estimate of drug-likeness (QED) is 0.238. The first-order valence-corrected chi connectivity index (χ1v) is 16.3. The van der Waals surface area contributed by atoms with Gasteiger partial charge in [-0.25, -0.2) is 0 Å². The van der Waals surface area contributed by atoms with Gasteiger partial charge in [0, 0.05) is 29.0 Å². The fourth-order valence-corrected chi connectivity index (χ4v) is 5.68. The molecule has 2 aromatic carbocycles. The summed E-state index contributed by atoms with van der Waals surface area (Å²) in [5.74, 6) is 0. The number of benzene rings is 2. The van der Waals surface area contributed by atoms with Crippen LogP contribution in [0.15, 0.2) is 73.1 Å². The molecular weight excluding hydrogens is 574 g/mol. The zero-order valence-electron chi connectivity index (χ0n) is 29.7. The summed E-state index contributed by atoms with van der Waals surface area (Å²) in [5, 5.41) is 9.27. The Morgan fingerprint density at radius 3 is 1.48 bits per heavy atom. The van der Waals surface area contributed by atoms with Crippen LogP contribution in [0.4, 0.5) is 0 Å². The Bertz CT molecular complexity index is 1570. The zero-order valence-corrected chi connectivity index (χ0v) is 29.7. The van der Waals surface area contributed by atoms with Crippen molar-refractivity contribution in [2.24, 2.45) is 0 Å². The third-order valence-corrected chi connectivity index (χ3v) is 10.4. The summed E-state index contributed by atoms with van der Waals surface area (Å²) in [4.78, 5) is 0. The van der Waals surface area contributed by atoms with E-state index in [-0.39, 0.29) is 48.7 Å². The average molecular weight is 624 g/mol. The van der Waals surface area contributed by atoms with E-state index in [1.807, 2.05) is 34.6 Å². The first-order valence-electron chi connectivity index (χ1n) is 16.3. The Balaban J connectivity index is 0.000000181. The minimum atomic E-state index is -0.364. The average Bonchev–Trinajstić information content (AvgIpc) is 3.69. The lowest BCUT2D eigenvalue weighted by atomic mass is 9.79. The molecular formula is C36H50B2N4O4. The molecule has 0 radical (unpaired) electrons. The van der Waals surface area contributed by atoms with E-state index in [9.17, 15) is 0 Å². The van der Waals surface area contributed by atoms with E-state index in [0.717, 1.165) is 22.3 Å². The summed E-state index contributed by atoms with van der Waals surface area (Å²) >= 11 is 0. The fourth-order valence-electron chi connectivity index (χ4n) is 5.68. The van der Waals surface area contributed by atoms with Crippen molar-refractivity contribution >= 4 is 25.2 Å². The molecule has 2 unspecified atom stereocenters. The monoisotopic (exact) mass is 624 g/mol. The summed E-state index contributed by atoms with van der Waals surface area (Å²) in [7, 11) is -0.728. The molecule has 0 saturated carbocycles. The van der Waals surface area contributed by atoms with E-state index in [0.29, 0.717) is 0 Å². The van der Waals surface area contributed by atoms with Crippen LogP contribution in [-0.4, -0.2) is 56.2 Å². The van der Waals surface area contributed by atoms with E-state index in [1.165, 1.54) is 11.1 Å². The number of nitrogens with zero attached hydrogens (tertiary/aromatic N) is 4. The second kappa shape index (κ2) is 12.5. The van der Waals surface area contributed by atoms with Gasteiger partial charge in [-0.2, -0.15) is 10.2 Å². The largest absolute Gasteiger partial charge is 0.498 e. The first kappa shape index (κ1) is 34.2. The van der Waals surface area contributed by atoms with Crippen LogP contribution >= 0.6 is 0 Å². The van der Waals surface area contributed by atoms with Gasteiger partial charge >= 0.3 is 14.2 Å². The number of hydrogen-bond donors (Lipinski definition) is 0. The van der Waals surface area contributed by atoms with Gasteiger partial charge in [-0.3, -0.25) is 9.36 Å². The van der Waals surface area contributed by atoms with Gasteiger partial charge in [0.05, 0.1) is 40.2 Å². The highest BCUT2D eigenvalue weighted by molar-refractivity contribution is 6.63. The molecule has 0 spiro atoms. The second-order valence-corrected chi connectivity index (χ2v) is 14.6. The predicted octanol–water partition coefficient (Wildman–Crippen LogP) is 6.20. The van der Waals surface area contributed by atoms with Gasteiger partial charge in [0.15, 0.2) is 0 Å². The summed E-state index contributed by atoms with van der Waals surface area (Å²) in [6, 6.07) is 21.1. The molecule has 2 aromatic heterocycles. The second-order valence-electron chi connectivity index (χ2n) is 14.6. The lowest BCUT2D eigenvalue weighted by Crippen LogP contribution is -2.41. The molecule has 2 fully saturated rings. The molecule has 2 atom stereocenters. The van der Waals surface area contributed by atoms with Crippen molar-refractivity contribution in [3.8, 4) is 0 Å². The Morgan fingerprint density at radius 1 is 0.609 bits per heavy atom. The van der Waals surface area contributed by atoms with Gasteiger partial charge in [-0.05, 0) is 94.2 Å². The molecule has 0 amide bonds. The molecule has 2 saturated heterocycles. The molecule has 244 valence electrons. The molecule has 4 heterocycles. The number of hydrogen-bond acceptors (Lipinski definition) is 6. The van der Waals surface area contributed by atoms with Crippen molar-refractivity contribution in [2.45, 2.75) is 118 Å². The summed E-state index contributed by atoms with van der Waals surface area (Å²) in [5.41, 5.74) is 5.17. The molecule has 2 aliphatic heterocycles. The maximum Gasteiger partial charge on any atom is 0.498 e. The van der Waals surface area contributed by atoms with Crippen LogP contribution in [0, 0.1) is 13.8 Å². The Kier molecular flexibility index (Phi) is 9.25. The number of aryl methyl sites for hydroxylation is 1. The minimum Gasteiger partial charge on any atom is -0.399 e. The highest BCUT2D eigenvalue weighted by atomic mass is 16.7. The lowest BCUT2D eigenvalue weighted by Gasteiger charge is -2.32. The summed E-state index contributed by atoms with van der Waals surface area (Å²) < 4.78 is 28.6. The van der Waals surface area contributed by atoms with Crippen LogP contribution in [0.25, 0.3) is 0 Å². The minimum absolute atomic E-state index is 0.172. The van der Waals surface area contributed by atoms with E-state index >= 15 is 0 Å². The van der Waals surface area contributed by atoms with Crippen molar-refractivity contribution in [3.63, 3.8) is 0 Å². The topological polar surface area (TPSA) is 72.6 Å². The smallest absolute Gasteiger partial charge is 0.399 e. The van der Waals surface area contributed by atoms with Gasteiger partial charge in [-0.15, -0.1) is 0 Å². The van der Waals surface area contributed by atoms with E-state index in [2.05, 4.69) is 141 Å². The van der Waals surface area contributed by atoms with E-state index in [1.54, 1.807) is 0 Å². The van der Waals surface area contributed by atoms with Crippen LogP contribution in [0.3, 0.4) is 0 Å². The summed E-state index contributed by atoms with van der Waals surface area (Å²) in [6.07, 6.45) is 3.92. The van der Waals surface area contributed by atoms with Crippen LogP contribution in [0.2, 0.25) is 0 Å². The molecule has 0 N–H and O–H groups in total. The molecule has 10 heteroatoms. The Hall–Kier alpha value is -3.17. The van der Waals surface area contributed by atoms with Gasteiger partial charge in [0.1, 0.15) is 0 Å². The van der Waals surface area contributed by atoms with Gasteiger partial charge in [0.2, 0.25) is 0 Å². The van der Waals surface area contributed by atoms with Crippen LogP contribution in [0.5, 0.6) is 0 Å². The number of rotatable bonds is 6. The lowest BCUT2D eigenvalue weighted by molar-refractivity contribution is 0.00578. The summed E-state index contributed by atoms with van der Waals surface area (Å²) in [6.45, 7) is 24.9. The van der Waals surface area contributed by atoms with Crippen molar-refractivity contribution in [1.82, 2.24) is 19.6 Å². The maximum atomic E-state index is 6.15. The van der Waals surface area contributed by atoms with Crippen molar-refractivity contribution in [1.29, 1.82) is 0 Å². The van der Waals surface area contributed by atoms with Gasteiger partial charge < -0.3 is 18.6 Å². The van der Waals surface area contributed by atoms with E-state index in [4.69, 9.17) is 18.6 Å². The normalized spacial score (nSPS) is 20.7. The molecule has 4 aromatic rings. The zero-order chi connectivity index (χ0) is 33.7. The van der Waals surface area contributed by atoms with Gasteiger partial charge in [-0.1, -0.05) is 60.7 Å². The fraction of sp³-hybridized carbons (Fsp3) is 0.500. The molecule has 8 nitrogen and oxygen atoms in total. The van der Waals surface area contributed by atoms with Gasteiger partial charge in [0.25, 0.3) is 0 Å². The maximum absolute atomic E-state index is 6.15. The standard InChI is InChI=1S/2C18H25BN2O2/c1-13-16(19-22-17(3,4)18(5,6)23-19)12-21(20-13)14(2)15-10-8-7-9-11-15;1-13(15-10-8-7-9-11-15)21-14(2)16(12-20-21)19-22-17(3,4)18(5,6)23-19/h7-12,14H,1-6H3;7-13H,1-6H3.